The number of ether oxygens (including phenoxy) is 1. The van der Waals surface area contributed by atoms with Crippen LogP contribution in [0.2, 0.25) is 0 Å². The summed E-state index contributed by atoms with van der Waals surface area (Å²) in [4.78, 5) is 23.5. The molecule has 1 fully saturated rings. The first-order chi connectivity index (χ1) is 18.2. The molecule has 3 N–H and O–H groups in total. The monoisotopic (exact) mass is 506 g/mol. The van der Waals surface area contributed by atoms with Gasteiger partial charge in [-0.1, -0.05) is 37.1 Å². The van der Waals surface area contributed by atoms with Gasteiger partial charge < -0.3 is 15.8 Å². The van der Waals surface area contributed by atoms with E-state index in [4.69, 9.17) is 15.5 Å². The molecule has 2 heterocycles. The number of unbranched alkanes of at least 4 members (excludes halogenated alkanes) is 3. The molecule has 0 aliphatic carbocycles. The number of rotatable bonds is 14. The first-order valence-electron chi connectivity index (χ1n) is 13.8. The Morgan fingerprint density at radius 3 is 2.46 bits per heavy atom. The normalized spacial score (nSPS) is 14.9. The second kappa shape index (κ2) is 14.2. The van der Waals surface area contributed by atoms with Crippen LogP contribution in [0.25, 0.3) is 16.6 Å². The summed E-state index contributed by atoms with van der Waals surface area (Å²) >= 11 is 0. The highest BCUT2D eigenvalue weighted by molar-refractivity contribution is 5.78. The van der Waals surface area contributed by atoms with Crippen molar-refractivity contribution in [2.75, 3.05) is 59.0 Å². The number of nitrogens with one attached hydrogen (secondary N) is 1. The SMILES string of the molecule is CCOc1ccccc1-n1c(CN2CCN(CCNCCCCCCN)CC2)nc2ccccc2c1=O. The summed E-state index contributed by atoms with van der Waals surface area (Å²) in [5, 5.41) is 4.20. The molecule has 200 valence electrons. The molecule has 0 atom stereocenters. The maximum Gasteiger partial charge on any atom is 0.266 e. The fraction of sp³-hybridized carbons (Fsp3) is 0.517. The van der Waals surface area contributed by atoms with Crippen LogP contribution in [0.1, 0.15) is 38.4 Å². The second-order valence-electron chi connectivity index (χ2n) is 9.66. The molecule has 2 aromatic carbocycles. The van der Waals surface area contributed by atoms with Crippen molar-refractivity contribution >= 4 is 10.9 Å². The van der Waals surface area contributed by atoms with E-state index in [1.54, 1.807) is 4.57 Å². The number of nitrogens with zero attached hydrogens (tertiary/aromatic N) is 4. The number of hydrogen-bond donors (Lipinski definition) is 2. The Bertz CT molecular complexity index is 1170. The Balaban J connectivity index is 1.40. The van der Waals surface area contributed by atoms with E-state index in [9.17, 15) is 4.79 Å². The minimum Gasteiger partial charge on any atom is -0.492 e. The van der Waals surface area contributed by atoms with Crippen molar-refractivity contribution in [3.63, 3.8) is 0 Å². The molecule has 37 heavy (non-hydrogen) atoms. The third-order valence-corrected chi connectivity index (χ3v) is 6.99. The van der Waals surface area contributed by atoms with Gasteiger partial charge in [0.15, 0.2) is 0 Å². The first kappa shape index (κ1) is 27.3. The molecule has 1 aromatic heterocycles. The van der Waals surface area contributed by atoms with Gasteiger partial charge in [0.25, 0.3) is 5.56 Å². The Kier molecular flexibility index (Phi) is 10.5. The zero-order valence-electron chi connectivity index (χ0n) is 22.2. The topological polar surface area (TPSA) is 88.7 Å². The summed E-state index contributed by atoms with van der Waals surface area (Å²) in [7, 11) is 0. The largest absolute Gasteiger partial charge is 0.492 e. The highest BCUT2D eigenvalue weighted by Gasteiger charge is 2.21. The van der Waals surface area contributed by atoms with Crippen LogP contribution in [0.5, 0.6) is 5.75 Å². The lowest BCUT2D eigenvalue weighted by molar-refractivity contribution is 0.125. The summed E-state index contributed by atoms with van der Waals surface area (Å²) in [6, 6.07) is 15.3. The lowest BCUT2D eigenvalue weighted by Crippen LogP contribution is -2.48. The molecule has 8 nitrogen and oxygen atoms in total. The third-order valence-electron chi connectivity index (χ3n) is 6.99. The average Bonchev–Trinajstić information content (AvgIpc) is 2.92. The molecule has 8 heteroatoms. The van der Waals surface area contributed by atoms with Crippen LogP contribution in [-0.2, 0) is 6.54 Å². The maximum atomic E-state index is 13.7. The number of para-hydroxylation sites is 3. The van der Waals surface area contributed by atoms with Crippen LogP contribution in [-0.4, -0.2) is 78.3 Å². The zero-order valence-corrected chi connectivity index (χ0v) is 22.2. The van der Waals surface area contributed by atoms with Gasteiger partial charge in [-0.2, -0.15) is 0 Å². The quantitative estimate of drug-likeness (QED) is 0.325. The van der Waals surface area contributed by atoms with Crippen molar-refractivity contribution in [3.8, 4) is 11.4 Å². The predicted octanol–water partition coefficient (Wildman–Crippen LogP) is 3.01. The van der Waals surface area contributed by atoms with Crippen LogP contribution in [0, 0.1) is 0 Å². The van der Waals surface area contributed by atoms with Crippen LogP contribution >= 0.6 is 0 Å². The minimum atomic E-state index is -0.0551. The molecule has 0 saturated carbocycles. The molecular formula is C29H42N6O2. The average molecular weight is 507 g/mol. The van der Waals surface area contributed by atoms with Gasteiger partial charge in [-0.15, -0.1) is 0 Å². The first-order valence-corrected chi connectivity index (χ1v) is 13.8. The zero-order chi connectivity index (χ0) is 25.9. The van der Waals surface area contributed by atoms with Gasteiger partial charge in [-0.25, -0.2) is 4.98 Å². The summed E-state index contributed by atoms with van der Waals surface area (Å²) in [5.74, 6) is 1.45. The Labute approximate surface area is 220 Å². The van der Waals surface area contributed by atoms with Crippen LogP contribution in [0.4, 0.5) is 0 Å². The fourth-order valence-electron chi connectivity index (χ4n) is 4.93. The van der Waals surface area contributed by atoms with E-state index in [0.717, 1.165) is 75.8 Å². The van der Waals surface area contributed by atoms with Gasteiger partial charge in [0.1, 0.15) is 11.6 Å². The number of piperazine rings is 1. The van der Waals surface area contributed by atoms with Crippen LogP contribution in [0.3, 0.4) is 0 Å². The van der Waals surface area contributed by atoms with E-state index in [0.29, 0.717) is 24.3 Å². The molecule has 0 amide bonds. The van der Waals surface area contributed by atoms with Crippen molar-refractivity contribution in [2.24, 2.45) is 5.73 Å². The minimum absolute atomic E-state index is 0.0551. The van der Waals surface area contributed by atoms with E-state index in [2.05, 4.69) is 15.1 Å². The molecule has 0 spiro atoms. The maximum absolute atomic E-state index is 13.7. The number of hydrogen-bond acceptors (Lipinski definition) is 7. The standard InChI is InChI=1S/C29H42N6O2/c1-2-37-27-14-8-7-13-26(27)35-28(32-25-12-6-5-11-24(25)29(35)36)23-34-21-19-33(20-22-34)18-17-31-16-10-4-3-9-15-30/h5-8,11-14,31H,2-4,9-10,15-23,30H2,1H3. The van der Waals surface area contributed by atoms with E-state index >= 15 is 0 Å². The Morgan fingerprint density at radius 1 is 0.919 bits per heavy atom. The molecule has 1 aliphatic rings. The smallest absolute Gasteiger partial charge is 0.266 e. The molecule has 1 saturated heterocycles. The summed E-state index contributed by atoms with van der Waals surface area (Å²) in [6.07, 6.45) is 4.85. The van der Waals surface area contributed by atoms with Crippen molar-refractivity contribution in [1.82, 2.24) is 24.7 Å². The van der Waals surface area contributed by atoms with Crippen molar-refractivity contribution in [2.45, 2.75) is 39.2 Å². The lowest BCUT2D eigenvalue weighted by atomic mass is 10.2. The number of aromatic nitrogens is 2. The van der Waals surface area contributed by atoms with Crippen LogP contribution < -0.4 is 21.3 Å². The van der Waals surface area contributed by atoms with Crippen molar-refractivity contribution in [3.05, 3.63) is 64.7 Å². The molecular weight excluding hydrogens is 464 g/mol. The third kappa shape index (κ3) is 7.38. The van der Waals surface area contributed by atoms with Gasteiger partial charge in [-0.3, -0.25) is 19.2 Å². The second-order valence-corrected chi connectivity index (χ2v) is 9.66. The number of fused-ring (bicyclic) bond motifs is 1. The molecule has 3 aromatic rings. The number of nitrogens with two attached hydrogens (primary N) is 1. The van der Waals surface area contributed by atoms with Gasteiger partial charge in [0, 0.05) is 39.3 Å². The highest BCUT2D eigenvalue weighted by Crippen LogP contribution is 2.24. The van der Waals surface area contributed by atoms with E-state index in [-0.39, 0.29) is 5.56 Å². The Morgan fingerprint density at radius 2 is 1.65 bits per heavy atom. The van der Waals surface area contributed by atoms with Gasteiger partial charge >= 0.3 is 0 Å². The van der Waals surface area contributed by atoms with E-state index < -0.39 is 0 Å². The molecule has 1 aliphatic heterocycles. The summed E-state index contributed by atoms with van der Waals surface area (Å²) in [6.45, 7) is 11.0. The van der Waals surface area contributed by atoms with Crippen LogP contribution in [0.15, 0.2) is 53.3 Å². The lowest BCUT2D eigenvalue weighted by Gasteiger charge is -2.34. The predicted molar refractivity (Wildman–Crippen MR) is 151 cm³/mol. The highest BCUT2D eigenvalue weighted by atomic mass is 16.5. The summed E-state index contributed by atoms with van der Waals surface area (Å²) in [5.41, 5.74) is 6.98. The van der Waals surface area contributed by atoms with E-state index in [1.807, 2.05) is 55.5 Å². The Hall–Kier alpha value is -2.78. The van der Waals surface area contributed by atoms with Gasteiger partial charge in [0.05, 0.1) is 29.7 Å². The van der Waals surface area contributed by atoms with Crippen molar-refractivity contribution in [1.29, 1.82) is 0 Å². The molecule has 4 rings (SSSR count). The fourth-order valence-corrected chi connectivity index (χ4v) is 4.93. The number of benzene rings is 2. The molecule has 0 bridgehead atoms. The van der Waals surface area contributed by atoms with E-state index in [1.165, 1.54) is 19.3 Å². The van der Waals surface area contributed by atoms with Gasteiger partial charge in [-0.05, 0) is 57.1 Å². The molecule has 0 radical (unpaired) electrons. The van der Waals surface area contributed by atoms with Gasteiger partial charge in [0.2, 0.25) is 0 Å². The summed E-state index contributed by atoms with van der Waals surface area (Å²) < 4.78 is 7.63. The molecule has 0 unspecified atom stereocenters. The van der Waals surface area contributed by atoms with Crippen molar-refractivity contribution < 1.29 is 4.74 Å².